The van der Waals surface area contributed by atoms with Gasteiger partial charge >= 0.3 is 0 Å². The topological polar surface area (TPSA) is 53.8 Å². The van der Waals surface area contributed by atoms with E-state index in [0.717, 1.165) is 11.3 Å². The third-order valence-electron chi connectivity index (χ3n) is 1.41. The van der Waals surface area contributed by atoms with Crippen LogP contribution in [-0.2, 0) is 15.5 Å². The van der Waals surface area contributed by atoms with Crippen LogP contribution in [-0.4, -0.2) is 15.4 Å². The lowest BCUT2D eigenvalue weighted by Crippen LogP contribution is -1.99. The van der Waals surface area contributed by atoms with Gasteiger partial charge in [0, 0.05) is 27.9 Å². The smallest absolute Gasteiger partial charge is 0.0578 e. The van der Waals surface area contributed by atoms with Crippen molar-refractivity contribution in [3.63, 3.8) is 0 Å². The van der Waals surface area contributed by atoms with Crippen molar-refractivity contribution in [1.29, 1.82) is 4.78 Å². The van der Waals surface area contributed by atoms with Gasteiger partial charge in [0.05, 0.1) is 5.75 Å². The van der Waals surface area contributed by atoms with E-state index in [1.54, 1.807) is 6.20 Å². The molecule has 1 unspecified atom stereocenters. The van der Waals surface area contributed by atoms with Gasteiger partial charge in [0.15, 0.2) is 0 Å². The van der Waals surface area contributed by atoms with Crippen LogP contribution in [0.15, 0.2) is 18.3 Å². The molecule has 1 N–H and O–H groups in total. The summed E-state index contributed by atoms with van der Waals surface area (Å²) in [5, 5.41) is 0. The third-order valence-corrected chi connectivity index (χ3v) is 2.30. The molecular formula is C10H18N2OS. The molecule has 1 atom stereocenters. The minimum atomic E-state index is -2.43. The maximum atomic E-state index is 11.1. The van der Waals surface area contributed by atoms with Gasteiger partial charge in [-0.2, -0.15) is 0 Å². The molecule has 0 fully saturated rings. The number of nitrogens with one attached hydrogen (secondary N) is 1. The Morgan fingerprint density at radius 2 is 2.00 bits per heavy atom. The van der Waals surface area contributed by atoms with Gasteiger partial charge in [-0.3, -0.25) is 9.76 Å². The van der Waals surface area contributed by atoms with E-state index in [-0.39, 0.29) is 0 Å². The zero-order valence-electron chi connectivity index (χ0n) is 9.20. The summed E-state index contributed by atoms with van der Waals surface area (Å²) in [6.45, 7) is 5.90. The molecule has 1 heterocycles. The maximum absolute atomic E-state index is 11.1. The van der Waals surface area contributed by atoms with E-state index in [4.69, 9.17) is 4.78 Å². The molecule has 1 aromatic rings. The van der Waals surface area contributed by atoms with E-state index >= 15 is 0 Å². The SMILES string of the molecule is CC.Cc1ccc(CS(C)(=N)=O)cn1. The number of hydrogen-bond acceptors (Lipinski definition) is 3. The van der Waals surface area contributed by atoms with Crippen LogP contribution in [0.1, 0.15) is 25.1 Å². The molecule has 0 bridgehead atoms. The number of aryl methyl sites for hydroxylation is 1. The van der Waals surface area contributed by atoms with Crippen molar-refractivity contribution >= 4 is 9.73 Å². The van der Waals surface area contributed by atoms with Crippen LogP contribution in [0.2, 0.25) is 0 Å². The number of hydrogen-bond donors (Lipinski definition) is 1. The number of nitrogens with zero attached hydrogens (tertiary/aromatic N) is 1. The van der Waals surface area contributed by atoms with Gasteiger partial charge in [-0.1, -0.05) is 19.9 Å². The lowest BCUT2D eigenvalue weighted by molar-refractivity contribution is 0.678. The summed E-state index contributed by atoms with van der Waals surface area (Å²) >= 11 is 0. The summed E-state index contributed by atoms with van der Waals surface area (Å²) in [7, 11) is -2.43. The summed E-state index contributed by atoms with van der Waals surface area (Å²) in [5.74, 6) is 0.292. The first kappa shape index (κ1) is 13.1. The molecular weight excluding hydrogens is 196 g/mol. The van der Waals surface area contributed by atoms with Crippen LogP contribution in [0.5, 0.6) is 0 Å². The summed E-state index contributed by atoms with van der Waals surface area (Å²) in [4.78, 5) is 4.05. The summed E-state index contributed by atoms with van der Waals surface area (Å²) in [6, 6.07) is 3.72. The van der Waals surface area contributed by atoms with Crippen molar-refractivity contribution in [3.8, 4) is 0 Å². The molecule has 0 aliphatic carbocycles. The van der Waals surface area contributed by atoms with Crippen LogP contribution in [0.4, 0.5) is 0 Å². The number of pyridine rings is 1. The van der Waals surface area contributed by atoms with E-state index in [1.165, 1.54) is 6.26 Å². The van der Waals surface area contributed by atoms with Crippen LogP contribution in [0.3, 0.4) is 0 Å². The van der Waals surface area contributed by atoms with E-state index in [9.17, 15) is 4.21 Å². The van der Waals surface area contributed by atoms with Gasteiger partial charge in [0.2, 0.25) is 0 Å². The Hall–Kier alpha value is -0.900. The Bertz CT molecular complexity index is 354. The highest BCUT2D eigenvalue weighted by Crippen LogP contribution is 2.04. The first-order valence-corrected chi connectivity index (χ1v) is 6.74. The fourth-order valence-corrected chi connectivity index (χ4v) is 1.71. The number of rotatable bonds is 2. The average Bonchev–Trinajstić information content (AvgIpc) is 2.10. The summed E-state index contributed by atoms with van der Waals surface area (Å²) < 4.78 is 18.3. The van der Waals surface area contributed by atoms with Gasteiger partial charge in [-0.25, -0.2) is 4.21 Å². The van der Waals surface area contributed by atoms with E-state index in [0.29, 0.717) is 5.75 Å². The molecule has 0 saturated heterocycles. The molecule has 3 nitrogen and oxygen atoms in total. The fraction of sp³-hybridized carbons (Fsp3) is 0.500. The molecule has 0 spiro atoms. The minimum Gasteiger partial charge on any atom is -0.261 e. The lowest BCUT2D eigenvalue weighted by atomic mass is 10.3. The molecule has 0 aromatic carbocycles. The largest absolute Gasteiger partial charge is 0.261 e. The fourth-order valence-electron chi connectivity index (χ4n) is 0.902. The molecule has 4 heteroatoms. The zero-order valence-corrected chi connectivity index (χ0v) is 10.0. The molecule has 0 aliphatic heterocycles. The van der Waals surface area contributed by atoms with Crippen LogP contribution < -0.4 is 0 Å². The molecule has 1 rings (SSSR count). The Morgan fingerprint density at radius 3 is 2.36 bits per heavy atom. The molecule has 1 aromatic heterocycles. The Labute approximate surface area is 86.6 Å². The van der Waals surface area contributed by atoms with Crippen molar-refractivity contribution in [2.75, 3.05) is 6.26 Å². The highest BCUT2D eigenvalue weighted by Gasteiger charge is 2.00. The normalized spacial score (nSPS) is 13.7. The summed E-state index contributed by atoms with van der Waals surface area (Å²) in [5.41, 5.74) is 1.80. The van der Waals surface area contributed by atoms with Crippen LogP contribution in [0, 0.1) is 11.7 Å². The van der Waals surface area contributed by atoms with Crippen LogP contribution >= 0.6 is 0 Å². The lowest BCUT2D eigenvalue weighted by Gasteiger charge is -2.00. The Kier molecular flexibility index (Phi) is 5.38. The minimum absolute atomic E-state index is 0.292. The predicted molar refractivity (Wildman–Crippen MR) is 60.8 cm³/mol. The molecule has 0 amide bonds. The van der Waals surface area contributed by atoms with Crippen molar-refractivity contribution in [1.82, 2.24) is 4.98 Å². The third kappa shape index (κ3) is 5.70. The van der Waals surface area contributed by atoms with Crippen molar-refractivity contribution < 1.29 is 4.21 Å². The Morgan fingerprint density at radius 1 is 1.43 bits per heavy atom. The van der Waals surface area contributed by atoms with Gasteiger partial charge in [0.1, 0.15) is 0 Å². The highest BCUT2D eigenvalue weighted by molar-refractivity contribution is 7.90. The van der Waals surface area contributed by atoms with E-state index in [2.05, 4.69) is 4.98 Å². The summed E-state index contributed by atoms with van der Waals surface area (Å²) in [6.07, 6.45) is 3.11. The second kappa shape index (κ2) is 5.75. The second-order valence-corrected chi connectivity index (χ2v) is 5.26. The molecule has 14 heavy (non-hydrogen) atoms. The monoisotopic (exact) mass is 214 g/mol. The van der Waals surface area contributed by atoms with Gasteiger partial charge in [0.25, 0.3) is 0 Å². The van der Waals surface area contributed by atoms with Crippen molar-refractivity contribution in [2.24, 2.45) is 0 Å². The average molecular weight is 214 g/mol. The molecule has 0 saturated carbocycles. The van der Waals surface area contributed by atoms with Crippen LogP contribution in [0.25, 0.3) is 0 Å². The molecule has 80 valence electrons. The van der Waals surface area contributed by atoms with E-state index < -0.39 is 9.73 Å². The molecule has 0 radical (unpaired) electrons. The van der Waals surface area contributed by atoms with E-state index in [1.807, 2.05) is 32.9 Å². The quantitative estimate of drug-likeness (QED) is 0.822. The van der Waals surface area contributed by atoms with Gasteiger partial charge in [-0.05, 0) is 18.6 Å². The number of aromatic nitrogens is 1. The van der Waals surface area contributed by atoms with Gasteiger partial charge in [-0.15, -0.1) is 0 Å². The zero-order chi connectivity index (χ0) is 11.2. The van der Waals surface area contributed by atoms with Crippen molar-refractivity contribution in [2.45, 2.75) is 26.5 Å². The standard InChI is InChI=1S/C8H12N2OS.C2H6/c1-7-3-4-8(5-10-7)6-12(2,9)11;1-2/h3-5,9H,6H2,1-2H3;1-2H3. The first-order valence-electron chi connectivity index (χ1n) is 4.60. The maximum Gasteiger partial charge on any atom is 0.0578 e. The van der Waals surface area contributed by atoms with Gasteiger partial charge < -0.3 is 0 Å². The van der Waals surface area contributed by atoms with Crippen molar-refractivity contribution in [3.05, 3.63) is 29.6 Å². The molecule has 0 aliphatic rings. The first-order chi connectivity index (χ1) is 6.47. The second-order valence-electron chi connectivity index (χ2n) is 2.96. The highest BCUT2D eigenvalue weighted by atomic mass is 32.2. The predicted octanol–water partition coefficient (Wildman–Crippen LogP) is 2.59. The Balaban J connectivity index is 0.000000791.